The van der Waals surface area contributed by atoms with Crippen LogP contribution in [0.2, 0.25) is 0 Å². The van der Waals surface area contributed by atoms with Crippen molar-refractivity contribution in [2.24, 2.45) is 0 Å². The van der Waals surface area contributed by atoms with Gasteiger partial charge in [-0.2, -0.15) is 0 Å². The number of aromatic amines is 1. The summed E-state index contributed by atoms with van der Waals surface area (Å²) in [6, 6.07) is 6.97. The largest absolute Gasteiger partial charge is 0.361 e. The van der Waals surface area contributed by atoms with Crippen LogP contribution in [0.5, 0.6) is 0 Å². The third-order valence-corrected chi connectivity index (χ3v) is 2.85. The highest BCUT2D eigenvalue weighted by Crippen LogP contribution is 2.22. The van der Waals surface area contributed by atoms with E-state index < -0.39 is 0 Å². The summed E-state index contributed by atoms with van der Waals surface area (Å²) in [5, 5.41) is 4.57. The van der Waals surface area contributed by atoms with E-state index in [1.54, 1.807) is 0 Å². The molecular formula is C12H16N2. The minimum absolute atomic E-state index is 0.411. The zero-order valence-corrected chi connectivity index (χ0v) is 8.89. The second-order valence-electron chi connectivity index (χ2n) is 3.79. The van der Waals surface area contributed by atoms with Gasteiger partial charge in [0.1, 0.15) is 0 Å². The molecule has 0 aliphatic rings. The first-order valence-electron chi connectivity index (χ1n) is 4.97. The van der Waals surface area contributed by atoms with Gasteiger partial charge in [-0.05, 0) is 44.2 Å². The van der Waals surface area contributed by atoms with Crippen LogP contribution in [0, 0.1) is 6.92 Å². The van der Waals surface area contributed by atoms with Crippen LogP contribution in [-0.4, -0.2) is 12.0 Å². The van der Waals surface area contributed by atoms with Gasteiger partial charge in [-0.1, -0.05) is 6.07 Å². The highest BCUT2D eigenvalue weighted by Gasteiger charge is 2.05. The Balaban J connectivity index is 2.54. The van der Waals surface area contributed by atoms with Crippen LogP contribution in [0.15, 0.2) is 24.4 Å². The fourth-order valence-electron chi connectivity index (χ4n) is 1.71. The van der Waals surface area contributed by atoms with Gasteiger partial charge in [-0.15, -0.1) is 0 Å². The predicted molar refractivity (Wildman–Crippen MR) is 60.5 cm³/mol. The number of nitrogens with one attached hydrogen (secondary N) is 2. The summed E-state index contributed by atoms with van der Waals surface area (Å²) in [6.07, 6.45) is 2.05. The summed E-state index contributed by atoms with van der Waals surface area (Å²) in [5.41, 5.74) is 3.86. The summed E-state index contributed by atoms with van der Waals surface area (Å²) >= 11 is 0. The fourth-order valence-corrected chi connectivity index (χ4v) is 1.71. The zero-order chi connectivity index (χ0) is 10.1. The monoisotopic (exact) mass is 188 g/mol. The molecule has 2 N–H and O–H groups in total. The van der Waals surface area contributed by atoms with Crippen molar-refractivity contribution < 1.29 is 0 Å². The maximum atomic E-state index is 3.25. The molecule has 0 saturated carbocycles. The number of aromatic nitrogens is 1. The first-order valence-corrected chi connectivity index (χ1v) is 4.97. The lowest BCUT2D eigenvalue weighted by atomic mass is 10.1. The number of H-pyrrole nitrogens is 1. The molecular weight excluding hydrogens is 172 g/mol. The minimum Gasteiger partial charge on any atom is -0.361 e. The minimum atomic E-state index is 0.411. The lowest BCUT2D eigenvalue weighted by Gasteiger charge is -2.10. The van der Waals surface area contributed by atoms with Crippen LogP contribution in [-0.2, 0) is 0 Å². The van der Waals surface area contributed by atoms with Crippen LogP contribution in [0.1, 0.15) is 24.1 Å². The Morgan fingerprint density at radius 3 is 2.86 bits per heavy atom. The Bertz CT molecular complexity index is 443. The highest BCUT2D eigenvalue weighted by atomic mass is 14.8. The molecule has 1 aromatic heterocycles. The number of hydrogen-bond donors (Lipinski definition) is 2. The van der Waals surface area contributed by atoms with E-state index in [4.69, 9.17) is 0 Å². The molecule has 2 nitrogen and oxygen atoms in total. The molecule has 0 spiro atoms. The fraction of sp³-hybridized carbons (Fsp3) is 0.333. The lowest BCUT2D eigenvalue weighted by Crippen LogP contribution is -2.11. The zero-order valence-electron chi connectivity index (χ0n) is 8.89. The topological polar surface area (TPSA) is 27.8 Å². The number of rotatable bonds is 2. The van der Waals surface area contributed by atoms with Crippen LogP contribution in [0.3, 0.4) is 0 Å². The summed E-state index contributed by atoms with van der Waals surface area (Å²) in [5.74, 6) is 0. The Labute approximate surface area is 84.3 Å². The molecule has 0 fully saturated rings. The van der Waals surface area contributed by atoms with Gasteiger partial charge < -0.3 is 10.3 Å². The number of hydrogen-bond acceptors (Lipinski definition) is 1. The molecule has 1 heterocycles. The average Bonchev–Trinajstić information content (AvgIpc) is 2.59. The molecule has 74 valence electrons. The maximum Gasteiger partial charge on any atom is 0.0456 e. The van der Waals surface area contributed by atoms with Crippen LogP contribution < -0.4 is 5.32 Å². The van der Waals surface area contributed by atoms with E-state index in [9.17, 15) is 0 Å². The van der Waals surface area contributed by atoms with E-state index in [0.29, 0.717) is 6.04 Å². The number of fused-ring (bicyclic) bond motifs is 1. The average molecular weight is 188 g/mol. The van der Waals surface area contributed by atoms with Gasteiger partial charge in [0.25, 0.3) is 0 Å². The normalized spacial score (nSPS) is 13.4. The molecule has 1 atom stereocenters. The third kappa shape index (κ3) is 1.42. The van der Waals surface area contributed by atoms with E-state index >= 15 is 0 Å². The van der Waals surface area contributed by atoms with Gasteiger partial charge in [-0.3, -0.25) is 0 Å². The molecule has 0 bridgehead atoms. The quantitative estimate of drug-likeness (QED) is 0.745. The summed E-state index contributed by atoms with van der Waals surface area (Å²) < 4.78 is 0. The van der Waals surface area contributed by atoms with Gasteiger partial charge in [0.2, 0.25) is 0 Å². The van der Waals surface area contributed by atoms with Crippen LogP contribution in [0.4, 0.5) is 0 Å². The Morgan fingerprint density at radius 2 is 2.14 bits per heavy atom. The molecule has 2 aromatic rings. The van der Waals surface area contributed by atoms with Crippen molar-refractivity contribution in [3.05, 3.63) is 35.5 Å². The van der Waals surface area contributed by atoms with E-state index in [1.807, 2.05) is 7.05 Å². The van der Waals surface area contributed by atoms with Crippen molar-refractivity contribution in [2.75, 3.05) is 7.05 Å². The maximum absolute atomic E-state index is 3.25. The molecule has 0 aliphatic carbocycles. The summed E-state index contributed by atoms with van der Waals surface area (Å²) in [7, 11) is 1.98. The first-order chi connectivity index (χ1) is 6.72. The third-order valence-electron chi connectivity index (χ3n) is 2.85. The molecule has 1 aromatic carbocycles. The van der Waals surface area contributed by atoms with Crippen molar-refractivity contribution in [3.63, 3.8) is 0 Å². The van der Waals surface area contributed by atoms with E-state index in [2.05, 4.69) is 48.5 Å². The standard InChI is InChI=1S/C12H16N2/c1-8-7-14-12-5-4-10(6-11(8)12)9(2)13-3/h4-7,9,13-14H,1-3H3. The van der Waals surface area contributed by atoms with Crippen LogP contribution >= 0.6 is 0 Å². The van der Waals surface area contributed by atoms with Crippen LogP contribution in [0.25, 0.3) is 10.9 Å². The molecule has 0 radical (unpaired) electrons. The van der Waals surface area contributed by atoms with E-state index in [0.717, 1.165) is 0 Å². The van der Waals surface area contributed by atoms with Crippen molar-refractivity contribution in [1.82, 2.24) is 10.3 Å². The van der Waals surface area contributed by atoms with Crippen molar-refractivity contribution in [1.29, 1.82) is 0 Å². The molecule has 0 saturated heterocycles. The molecule has 2 rings (SSSR count). The van der Waals surface area contributed by atoms with E-state index in [-0.39, 0.29) is 0 Å². The van der Waals surface area contributed by atoms with Crippen molar-refractivity contribution in [2.45, 2.75) is 19.9 Å². The summed E-state index contributed by atoms with van der Waals surface area (Å²) in [4.78, 5) is 3.25. The van der Waals surface area contributed by atoms with Crippen molar-refractivity contribution >= 4 is 10.9 Å². The number of benzene rings is 1. The highest BCUT2D eigenvalue weighted by molar-refractivity contribution is 5.83. The SMILES string of the molecule is CNC(C)c1ccc2[nH]cc(C)c2c1. The molecule has 0 aliphatic heterocycles. The Kier molecular flexibility index (Phi) is 2.30. The van der Waals surface area contributed by atoms with Gasteiger partial charge in [0.05, 0.1) is 0 Å². The second-order valence-corrected chi connectivity index (χ2v) is 3.79. The van der Waals surface area contributed by atoms with Gasteiger partial charge >= 0.3 is 0 Å². The van der Waals surface area contributed by atoms with E-state index in [1.165, 1.54) is 22.0 Å². The van der Waals surface area contributed by atoms with Crippen molar-refractivity contribution in [3.8, 4) is 0 Å². The summed E-state index contributed by atoms with van der Waals surface area (Å²) in [6.45, 7) is 4.30. The molecule has 0 amide bonds. The molecule has 1 unspecified atom stereocenters. The van der Waals surface area contributed by atoms with Gasteiger partial charge in [-0.25, -0.2) is 0 Å². The molecule has 14 heavy (non-hydrogen) atoms. The van der Waals surface area contributed by atoms with Gasteiger partial charge in [0, 0.05) is 23.1 Å². The Morgan fingerprint density at radius 1 is 1.36 bits per heavy atom. The first kappa shape index (κ1) is 9.28. The lowest BCUT2D eigenvalue weighted by molar-refractivity contribution is 0.653. The van der Waals surface area contributed by atoms with Gasteiger partial charge in [0.15, 0.2) is 0 Å². The smallest absolute Gasteiger partial charge is 0.0456 e. The Hall–Kier alpha value is -1.28. The molecule has 2 heteroatoms. The second kappa shape index (κ2) is 3.46. The number of aryl methyl sites for hydroxylation is 1. The predicted octanol–water partition coefficient (Wildman–Crippen LogP) is 2.76.